The molecule has 1 saturated carbocycles. The van der Waals surface area contributed by atoms with Gasteiger partial charge in [-0.25, -0.2) is 9.97 Å². The van der Waals surface area contributed by atoms with Crippen molar-refractivity contribution < 1.29 is 4.74 Å². The molecule has 64 valence electrons. The first-order valence-corrected chi connectivity index (χ1v) is 4.11. The van der Waals surface area contributed by atoms with Gasteiger partial charge in [-0.05, 0) is 19.8 Å². The van der Waals surface area contributed by atoms with Crippen molar-refractivity contribution in [3.63, 3.8) is 0 Å². The predicted octanol–water partition coefficient (Wildman–Crippen LogP) is 1.42. The largest absolute Gasteiger partial charge is 0.373 e. The Morgan fingerprint density at radius 3 is 2.33 bits per heavy atom. The molecule has 12 heavy (non-hydrogen) atoms. The second-order valence-corrected chi connectivity index (χ2v) is 3.22. The molecular weight excluding hydrogens is 152 g/mol. The van der Waals surface area contributed by atoms with Crippen molar-refractivity contribution in [1.82, 2.24) is 9.97 Å². The van der Waals surface area contributed by atoms with Gasteiger partial charge in [0.2, 0.25) is 0 Å². The van der Waals surface area contributed by atoms with Crippen LogP contribution in [0.25, 0.3) is 0 Å². The fourth-order valence-corrected chi connectivity index (χ4v) is 1.35. The van der Waals surface area contributed by atoms with Crippen LogP contribution < -0.4 is 0 Å². The van der Waals surface area contributed by atoms with Gasteiger partial charge in [-0.2, -0.15) is 0 Å². The second kappa shape index (κ2) is 2.52. The fourth-order valence-electron chi connectivity index (χ4n) is 1.35. The van der Waals surface area contributed by atoms with Crippen molar-refractivity contribution in [1.29, 1.82) is 0 Å². The van der Waals surface area contributed by atoms with Crippen molar-refractivity contribution >= 4 is 0 Å². The van der Waals surface area contributed by atoms with Gasteiger partial charge in [0.05, 0.1) is 5.60 Å². The monoisotopic (exact) mass is 164 g/mol. The van der Waals surface area contributed by atoms with Gasteiger partial charge in [-0.15, -0.1) is 0 Å². The number of nitrogens with zero attached hydrogens (tertiary/aromatic N) is 2. The van der Waals surface area contributed by atoms with E-state index in [1.54, 1.807) is 7.11 Å². The highest BCUT2D eigenvalue weighted by Gasteiger charge is 2.45. The Morgan fingerprint density at radius 2 is 1.92 bits per heavy atom. The first-order valence-electron chi connectivity index (χ1n) is 4.11. The predicted molar refractivity (Wildman–Crippen MR) is 44.7 cm³/mol. The molecule has 3 heteroatoms. The molecule has 1 aromatic heterocycles. The summed E-state index contributed by atoms with van der Waals surface area (Å²) in [4.78, 5) is 8.28. The molecule has 0 aromatic carbocycles. The number of aryl methyl sites for hydroxylation is 1. The highest BCUT2D eigenvalue weighted by Crippen LogP contribution is 2.48. The smallest absolute Gasteiger partial charge is 0.125 e. The zero-order valence-corrected chi connectivity index (χ0v) is 7.37. The van der Waals surface area contributed by atoms with Gasteiger partial charge in [-0.1, -0.05) is 0 Å². The summed E-state index contributed by atoms with van der Waals surface area (Å²) in [5, 5.41) is 0. The molecule has 3 nitrogen and oxygen atoms in total. The van der Waals surface area contributed by atoms with Crippen LogP contribution in [-0.4, -0.2) is 17.1 Å². The van der Waals surface area contributed by atoms with Crippen molar-refractivity contribution in [3.8, 4) is 0 Å². The van der Waals surface area contributed by atoms with Crippen molar-refractivity contribution in [2.24, 2.45) is 0 Å². The minimum absolute atomic E-state index is 0.0479. The number of hydrogen-bond donors (Lipinski definition) is 0. The molecule has 1 aliphatic carbocycles. The molecule has 1 fully saturated rings. The van der Waals surface area contributed by atoms with E-state index in [1.807, 2.05) is 19.3 Å². The third kappa shape index (κ3) is 1.10. The van der Waals surface area contributed by atoms with E-state index >= 15 is 0 Å². The van der Waals surface area contributed by atoms with Gasteiger partial charge in [0.15, 0.2) is 0 Å². The van der Waals surface area contributed by atoms with E-state index in [2.05, 4.69) is 9.97 Å². The molecule has 1 heterocycles. The standard InChI is InChI=1S/C9H12N2O/c1-7-10-5-8(6-11-7)9(12-2)3-4-9/h5-6H,3-4H2,1-2H3. The lowest BCUT2D eigenvalue weighted by Gasteiger charge is -2.11. The molecule has 0 bridgehead atoms. The lowest BCUT2D eigenvalue weighted by atomic mass is 10.2. The van der Waals surface area contributed by atoms with Crippen LogP contribution >= 0.6 is 0 Å². The maximum atomic E-state index is 5.39. The van der Waals surface area contributed by atoms with Crippen molar-refractivity contribution in [3.05, 3.63) is 23.8 Å². The molecule has 1 aliphatic rings. The van der Waals surface area contributed by atoms with E-state index in [0.717, 1.165) is 24.2 Å². The molecule has 0 saturated heterocycles. The van der Waals surface area contributed by atoms with Gasteiger partial charge in [0.1, 0.15) is 5.82 Å². The van der Waals surface area contributed by atoms with Crippen molar-refractivity contribution in [2.45, 2.75) is 25.4 Å². The van der Waals surface area contributed by atoms with Crippen LogP contribution in [0.4, 0.5) is 0 Å². The van der Waals surface area contributed by atoms with Crippen LogP contribution in [0.5, 0.6) is 0 Å². The molecule has 0 unspecified atom stereocenters. The van der Waals surface area contributed by atoms with E-state index < -0.39 is 0 Å². The second-order valence-electron chi connectivity index (χ2n) is 3.22. The van der Waals surface area contributed by atoms with E-state index in [-0.39, 0.29) is 5.60 Å². The lowest BCUT2D eigenvalue weighted by Crippen LogP contribution is -2.09. The van der Waals surface area contributed by atoms with Gasteiger partial charge in [0, 0.05) is 25.1 Å². The summed E-state index contributed by atoms with van der Waals surface area (Å²) in [6.07, 6.45) is 5.91. The first kappa shape index (κ1) is 7.68. The van der Waals surface area contributed by atoms with E-state index in [9.17, 15) is 0 Å². The molecule has 0 N–H and O–H groups in total. The molecule has 0 atom stereocenters. The van der Waals surface area contributed by atoms with Crippen LogP contribution in [0.3, 0.4) is 0 Å². The Balaban J connectivity index is 2.29. The summed E-state index contributed by atoms with van der Waals surface area (Å²) < 4.78 is 5.39. The summed E-state index contributed by atoms with van der Waals surface area (Å²) in [5.41, 5.74) is 1.06. The SMILES string of the molecule is COC1(c2cnc(C)nc2)CC1. The highest BCUT2D eigenvalue weighted by atomic mass is 16.5. The fraction of sp³-hybridized carbons (Fsp3) is 0.556. The van der Waals surface area contributed by atoms with Crippen LogP contribution in [0, 0.1) is 6.92 Å². The van der Waals surface area contributed by atoms with Gasteiger partial charge in [-0.3, -0.25) is 0 Å². The van der Waals surface area contributed by atoms with Crippen LogP contribution in [0.1, 0.15) is 24.2 Å². The molecular formula is C9H12N2O. The number of rotatable bonds is 2. The Labute approximate surface area is 71.8 Å². The highest BCUT2D eigenvalue weighted by molar-refractivity contribution is 5.22. The number of ether oxygens (including phenoxy) is 1. The minimum Gasteiger partial charge on any atom is -0.373 e. The average Bonchev–Trinajstić information content (AvgIpc) is 2.86. The summed E-state index contributed by atoms with van der Waals surface area (Å²) in [7, 11) is 1.74. The Bertz CT molecular complexity index is 277. The normalized spacial score (nSPS) is 19.2. The molecule has 0 radical (unpaired) electrons. The zero-order valence-electron chi connectivity index (χ0n) is 7.37. The van der Waals surface area contributed by atoms with Crippen LogP contribution in [-0.2, 0) is 10.3 Å². The van der Waals surface area contributed by atoms with Gasteiger partial charge in [0.25, 0.3) is 0 Å². The third-order valence-electron chi connectivity index (χ3n) is 2.40. The maximum Gasteiger partial charge on any atom is 0.125 e. The Hall–Kier alpha value is -0.960. The Kier molecular flexibility index (Phi) is 1.61. The van der Waals surface area contributed by atoms with Crippen molar-refractivity contribution in [2.75, 3.05) is 7.11 Å². The summed E-state index contributed by atoms with van der Waals surface area (Å²) in [6, 6.07) is 0. The first-order chi connectivity index (χ1) is 5.77. The average molecular weight is 164 g/mol. The zero-order chi connectivity index (χ0) is 8.60. The van der Waals surface area contributed by atoms with Gasteiger partial charge >= 0.3 is 0 Å². The molecule has 0 amide bonds. The number of hydrogen-bond acceptors (Lipinski definition) is 3. The van der Waals surface area contributed by atoms with Crippen LogP contribution in [0.2, 0.25) is 0 Å². The molecule has 1 aromatic rings. The minimum atomic E-state index is -0.0479. The number of methoxy groups -OCH3 is 1. The van der Waals surface area contributed by atoms with E-state index in [1.165, 1.54) is 0 Å². The Morgan fingerprint density at radius 1 is 1.33 bits per heavy atom. The summed E-state index contributed by atoms with van der Waals surface area (Å²) in [5.74, 6) is 0.811. The molecule has 0 aliphatic heterocycles. The summed E-state index contributed by atoms with van der Waals surface area (Å²) in [6.45, 7) is 1.89. The third-order valence-corrected chi connectivity index (χ3v) is 2.40. The van der Waals surface area contributed by atoms with Gasteiger partial charge < -0.3 is 4.74 Å². The number of aromatic nitrogens is 2. The molecule has 0 spiro atoms. The molecule has 2 rings (SSSR count). The summed E-state index contributed by atoms with van der Waals surface area (Å²) >= 11 is 0. The lowest BCUT2D eigenvalue weighted by molar-refractivity contribution is 0.0782. The van der Waals surface area contributed by atoms with E-state index in [4.69, 9.17) is 4.74 Å². The quantitative estimate of drug-likeness (QED) is 0.663. The van der Waals surface area contributed by atoms with E-state index in [0.29, 0.717) is 0 Å². The topological polar surface area (TPSA) is 35.0 Å². The van der Waals surface area contributed by atoms with Crippen LogP contribution in [0.15, 0.2) is 12.4 Å². The maximum absolute atomic E-state index is 5.39.